The van der Waals surface area contributed by atoms with Crippen LogP contribution in [0, 0.1) is 0 Å². The lowest BCUT2D eigenvalue weighted by molar-refractivity contribution is 0.185. The third-order valence-electron chi connectivity index (χ3n) is 3.67. The highest BCUT2D eigenvalue weighted by Gasteiger charge is 2.03. The van der Waals surface area contributed by atoms with Gasteiger partial charge in [-0.1, -0.05) is 36.4 Å². The van der Waals surface area contributed by atoms with Crippen molar-refractivity contribution in [1.29, 1.82) is 0 Å². The minimum absolute atomic E-state index is 0.357. The first-order valence-corrected chi connectivity index (χ1v) is 7.99. The van der Waals surface area contributed by atoms with Crippen LogP contribution in [0.25, 0.3) is 5.69 Å². The third kappa shape index (κ3) is 4.45. The number of rotatable bonds is 6. The van der Waals surface area contributed by atoms with E-state index in [4.69, 9.17) is 10.5 Å². The molecule has 0 saturated carbocycles. The van der Waals surface area contributed by atoms with Crippen molar-refractivity contribution in [2.24, 2.45) is 10.7 Å². The number of nitrogens with zero attached hydrogens (tertiary/aromatic N) is 3. The van der Waals surface area contributed by atoms with Gasteiger partial charge in [0.1, 0.15) is 0 Å². The van der Waals surface area contributed by atoms with Gasteiger partial charge in [0.15, 0.2) is 5.96 Å². The predicted octanol–water partition coefficient (Wildman–Crippen LogP) is 2.95. The minimum Gasteiger partial charge on any atom is -0.380 e. The van der Waals surface area contributed by atoms with Gasteiger partial charge in [0, 0.05) is 30.1 Å². The number of aliphatic imine (C=N–C) groups is 1. The Kier molecular flexibility index (Phi) is 5.43. The lowest BCUT2D eigenvalue weighted by atomic mass is 10.2. The van der Waals surface area contributed by atoms with Crippen LogP contribution < -0.4 is 11.1 Å². The fraction of sp³-hybridized carbons (Fsp3) is 0.158. The third-order valence-corrected chi connectivity index (χ3v) is 3.67. The molecule has 0 unspecified atom stereocenters. The van der Waals surface area contributed by atoms with Gasteiger partial charge in [0.25, 0.3) is 0 Å². The highest BCUT2D eigenvalue weighted by atomic mass is 16.5. The number of ether oxygens (including phenoxy) is 1. The average molecular weight is 335 g/mol. The smallest absolute Gasteiger partial charge is 0.193 e. The second-order valence-electron chi connectivity index (χ2n) is 5.55. The summed E-state index contributed by atoms with van der Waals surface area (Å²) in [6.45, 7) is 0.971. The fourth-order valence-corrected chi connectivity index (χ4v) is 2.44. The zero-order valence-electron chi connectivity index (χ0n) is 14.1. The van der Waals surface area contributed by atoms with Gasteiger partial charge < -0.3 is 15.8 Å². The number of nitrogens with one attached hydrogen (secondary N) is 1. The van der Waals surface area contributed by atoms with Gasteiger partial charge in [0.05, 0.1) is 25.0 Å². The highest BCUT2D eigenvalue weighted by molar-refractivity contribution is 5.92. The molecule has 6 heteroatoms. The molecule has 3 rings (SSSR count). The number of hydrogen-bond donors (Lipinski definition) is 2. The average Bonchev–Trinajstić information content (AvgIpc) is 3.12. The summed E-state index contributed by atoms with van der Waals surface area (Å²) in [6.07, 6.45) is 3.74. The number of anilines is 1. The standard InChI is InChI=1S/C19H21N5O/c1-25-14-16-7-5-6-10-18(16)23-19(20)21-11-15-12-22-24(13-15)17-8-3-2-4-9-17/h2-10,12-13H,11,14H2,1H3,(H3,20,21,23). The molecule has 0 saturated heterocycles. The summed E-state index contributed by atoms with van der Waals surface area (Å²) in [7, 11) is 1.67. The van der Waals surface area contributed by atoms with Crippen molar-refractivity contribution in [3.8, 4) is 5.69 Å². The Morgan fingerprint density at radius 2 is 1.92 bits per heavy atom. The first-order chi connectivity index (χ1) is 12.3. The summed E-state index contributed by atoms with van der Waals surface area (Å²) in [5, 5.41) is 7.48. The Bertz CT molecular complexity index is 842. The monoisotopic (exact) mass is 335 g/mol. The molecule has 3 aromatic rings. The maximum Gasteiger partial charge on any atom is 0.193 e. The molecule has 0 aliphatic rings. The first kappa shape index (κ1) is 16.7. The van der Waals surface area contributed by atoms with Crippen molar-refractivity contribution >= 4 is 11.6 Å². The topological polar surface area (TPSA) is 77.5 Å². The Morgan fingerprint density at radius 1 is 1.16 bits per heavy atom. The minimum atomic E-state index is 0.357. The molecule has 0 aliphatic carbocycles. The lowest BCUT2D eigenvalue weighted by Crippen LogP contribution is -2.23. The molecule has 0 amide bonds. The van der Waals surface area contributed by atoms with E-state index in [0.717, 1.165) is 22.5 Å². The summed E-state index contributed by atoms with van der Waals surface area (Å²) < 4.78 is 7.01. The van der Waals surface area contributed by atoms with E-state index in [2.05, 4.69) is 15.4 Å². The van der Waals surface area contributed by atoms with Gasteiger partial charge in [-0.25, -0.2) is 9.67 Å². The van der Waals surface area contributed by atoms with Crippen molar-refractivity contribution in [3.63, 3.8) is 0 Å². The molecule has 3 N–H and O–H groups in total. The van der Waals surface area contributed by atoms with E-state index in [1.165, 1.54) is 0 Å². The number of aromatic nitrogens is 2. The van der Waals surface area contributed by atoms with Gasteiger partial charge in [-0.15, -0.1) is 0 Å². The summed E-state index contributed by atoms with van der Waals surface area (Å²) in [5.74, 6) is 0.357. The van der Waals surface area contributed by atoms with Crippen LogP contribution in [0.3, 0.4) is 0 Å². The maximum absolute atomic E-state index is 6.01. The van der Waals surface area contributed by atoms with E-state index in [-0.39, 0.29) is 0 Å². The van der Waals surface area contributed by atoms with Crippen LogP contribution in [-0.4, -0.2) is 22.8 Å². The quantitative estimate of drug-likeness (QED) is 0.536. The summed E-state index contributed by atoms with van der Waals surface area (Å²) in [4.78, 5) is 4.39. The second-order valence-corrected chi connectivity index (χ2v) is 5.55. The van der Waals surface area contributed by atoms with Gasteiger partial charge in [0.2, 0.25) is 0 Å². The van der Waals surface area contributed by atoms with E-state index in [9.17, 15) is 0 Å². The van der Waals surface area contributed by atoms with Crippen molar-refractivity contribution in [1.82, 2.24) is 9.78 Å². The summed E-state index contributed by atoms with van der Waals surface area (Å²) in [5.41, 5.74) is 9.93. The number of hydrogen-bond acceptors (Lipinski definition) is 3. The molecule has 0 aliphatic heterocycles. The van der Waals surface area contributed by atoms with Gasteiger partial charge in [-0.2, -0.15) is 5.10 Å². The van der Waals surface area contributed by atoms with Crippen molar-refractivity contribution in [2.45, 2.75) is 13.2 Å². The van der Waals surface area contributed by atoms with Crippen LogP contribution in [0.5, 0.6) is 0 Å². The predicted molar refractivity (Wildman–Crippen MR) is 99.7 cm³/mol. The number of guanidine groups is 1. The summed E-state index contributed by atoms with van der Waals surface area (Å²) >= 11 is 0. The maximum atomic E-state index is 6.01. The van der Waals surface area contributed by atoms with Gasteiger partial charge in [-0.3, -0.25) is 0 Å². The molecule has 2 aromatic carbocycles. The van der Waals surface area contributed by atoms with E-state index >= 15 is 0 Å². The number of nitrogens with two attached hydrogens (primary N) is 1. The normalized spacial score (nSPS) is 11.5. The van der Waals surface area contributed by atoms with Crippen LogP contribution >= 0.6 is 0 Å². The fourth-order valence-electron chi connectivity index (χ4n) is 2.44. The Hall–Kier alpha value is -3.12. The molecular weight excluding hydrogens is 314 g/mol. The van der Waals surface area contributed by atoms with Crippen molar-refractivity contribution in [2.75, 3.05) is 12.4 Å². The lowest BCUT2D eigenvalue weighted by Gasteiger charge is -2.10. The molecule has 0 bridgehead atoms. The highest BCUT2D eigenvalue weighted by Crippen LogP contribution is 2.15. The molecular formula is C19H21N5O. The van der Waals surface area contributed by atoms with Crippen LogP contribution in [0.4, 0.5) is 5.69 Å². The molecule has 6 nitrogen and oxygen atoms in total. The van der Waals surface area contributed by atoms with Gasteiger partial charge in [-0.05, 0) is 18.2 Å². The number of benzene rings is 2. The van der Waals surface area contributed by atoms with Crippen LogP contribution in [0.2, 0.25) is 0 Å². The van der Waals surface area contributed by atoms with E-state index in [1.54, 1.807) is 13.3 Å². The first-order valence-electron chi connectivity index (χ1n) is 7.99. The van der Waals surface area contributed by atoms with E-state index in [1.807, 2.05) is 65.5 Å². The van der Waals surface area contributed by atoms with Crippen molar-refractivity contribution < 1.29 is 4.74 Å². The van der Waals surface area contributed by atoms with E-state index in [0.29, 0.717) is 19.1 Å². The molecule has 0 fully saturated rings. The molecule has 0 spiro atoms. The SMILES string of the molecule is COCc1ccccc1NC(N)=NCc1cnn(-c2ccccc2)c1. The molecule has 0 atom stereocenters. The Labute approximate surface area is 147 Å². The molecule has 128 valence electrons. The van der Waals surface area contributed by atoms with Crippen LogP contribution in [-0.2, 0) is 17.9 Å². The van der Waals surface area contributed by atoms with E-state index < -0.39 is 0 Å². The molecule has 25 heavy (non-hydrogen) atoms. The zero-order valence-corrected chi connectivity index (χ0v) is 14.1. The van der Waals surface area contributed by atoms with Crippen LogP contribution in [0.1, 0.15) is 11.1 Å². The Morgan fingerprint density at radius 3 is 2.72 bits per heavy atom. The molecule has 1 heterocycles. The largest absolute Gasteiger partial charge is 0.380 e. The second kappa shape index (κ2) is 8.12. The molecule has 0 radical (unpaired) electrons. The van der Waals surface area contributed by atoms with Crippen LogP contribution in [0.15, 0.2) is 72.0 Å². The summed E-state index contributed by atoms with van der Waals surface area (Å²) in [6, 6.07) is 17.8. The Balaban J connectivity index is 1.65. The van der Waals surface area contributed by atoms with Crippen molar-refractivity contribution in [3.05, 3.63) is 78.1 Å². The number of para-hydroxylation sites is 2. The number of methoxy groups -OCH3 is 1. The molecule has 1 aromatic heterocycles. The van der Waals surface area contributed by atoms with Gasteiger partial charge >= 0.3 is 0 Å². The zero-order chi connectivity index (χ0) is 17.5.